The Bertz CT molecular complexity index is 1260. The summed E-state index contributed by atoms with van der Waals surface area (Å²) in [7, 11) is 0. The van der Waals surface area contributed by atoms with Crippen LogP contribution in [0.1, 0.15) is 245 Å². The van der Waals surface area contributed by atoms with Crippen molar-refractivity contribution in [2.75, 3.05) is 13.2 Å². The van der Waals surface area contributed by atoms with Crippen LogP contribution in [0.15, 0.2) is 48.6 Å². The molecule has 0 aromatic heterocycles. The Morgan fingerprint density at radius 1 is 0.507 bits per heavy atom. The number of aliphatic hydroxyl groups is 7. The molecular formula is C58H107NO10. The largest absolute Gasteiger partial charge is 0.394 e. The first-order valence-corrected chi connectivity index (χ1v) is 28.5. The van der Waals surface area contributed by atoms with Gasteiger partial charge in [-0.2, -0.15) is 0 Å². The smallest absolute Gasteiger partial charge is 0.249 e. The van der Waals surface area contributed by atoms with Gasteiger partial charge in [0.1, 0.15) is 36.6 Å². The maximum Gasteiger partial charge on any atom is 0.249 e. The van der Waals surface area contributed by atoms with Crippen LogP contribution in [-0.4, -0.2) is 110 Å². The molecule has 9 atom stereocenters. The molecule has 0 saturated carbocycles. The summed E-state index contributed by atoms with van der Waals surface area (Å²) in [4.78, 5) is 13.2. The van der Waals surface area contributed by atoms with Crippen LogP contribution in [0.4, 0.5) is 0 Å². The van der Waals surface area contributed by atoms with E-state index < -0.39 is 74.2 Å². The Labute approximate surface area is 421 Å². The van der Waals surface area contributed by atoms with Crippen LogP contribution in [0.2, 0.25) is 0 Å². The van der Waals surface area contributed by atoms with Gasteiger partial charge < -0.3 is 50.5 Å². The molecule has 1 heterocycles. The minimum atomic E-state index is -1.67. The summed E-state index contributed by atoms with van der Waals surface area (Å²) in [5, 5.41) is 76.0. The molecule has 8 N–H and O–H groups in total. The maximum absolute atomic E-state index is 13.2. The summed E-state index contributed by atoms with van der Waals surface area (Å²) in [5.74, 6) is -0.715. The van der Waals surface area contributed by atoms with Crippen LogP contribution >= 0.6 is 0 Å². The first kappa shape index (κ1) is 65.1. The molecule has 0 aliphatic carbocycles. The van der Waals surface area contributed by atoms with Gasteiger partial charge in [0.15, 0.2) is 6.29 Å². The molecule has 0 bridgehead atoms. The molecule has 404 valence electrons. The summed E-state index contributed by atoms with van der Waals surface area (Å²) < 4.78 is 11.1. The summed E-state index contributed by atoms with van der Waals surface area (Å²) >= 11 is 0. The highest BCUT2D eigenvalue weighted by molar-refractivity contribution is 5.80. The summed E-state index contributed by atoms with van der Waals surface area (Å²) in [6.45, 7) is 3.44. The van der Waals surface area contributed by atoms with Crippen LogP contribution in [0.25, 0.3) is 0 Å². The zero-order valence-electron chi connectivity index (χ0n) is 44.0. The number of unbranched alkanes of at least 4 members (excludes halogenated alkanes) is 28. The van der Waals surface area contributed by atoms with Gasteiger partial charge in [0.2, 0.25) is 5.91 Å². The second-order valence-electron chi connectivity index (χ2n) is 20.0. The lowest BCUT2D eigenvalue weighted by molar-refractivity contribution is -0.303. The van der Waals surface area contributed by atoms with Crippen molar-refractivity contribution in [3.63, 3.8) is 0 Å². The average molecular weight is 978 g/mol. The molecule has 1 saturated heterocycles. The molecule has 69 heavy (non-hydrogen) atoms. The summed E-state index contributed by atoms with van der Waals surface area (Å²) in [6, 6.07) is -1.20. The second-order valence-corrected chi connectivity index (χ2v) is 20.0. The predicted molar refractivity (Wildman–Crippen MR) is 284 cm³/mol. The topological polar surface area (TPSA) is 189 Å². The van der Waals surface area contributed by atoms with Gasteiger partial charge in [-0.1, -0.05) is 210 Å². The monoisotopic (exact) mass is 978 g/mol. The third kappa shape index (κ3) is 35.8. The molecule has 0 radical (unpaired) electrons. The molecular weight excluding hydrogens is 871 g/mol. The number of aliphatic hydroxyl groups excluding tert-OH is 7. The molecule has 9 unspecified atom stereocenters. The van der Waals surface area contributed by atoms with E-state index in [1.165, 1.54) is 141 Å². The third-order valence-electron chi connectivity index (χ3n) is 13.6. The average Bonchev–Trinajstić information content (AvgIpc) is 3.35. The van der Waals surface area contributed by atoms with E-state index in [9.17, 15) is 40.5 Å². The minimum Gasteiger partial charge on any atom is -0.394 e. The Balaban J connectivity index is 2.36. The lowest BCUT2D eigenvalue weighted by Gasteiger charge is -2.40. The van der Waals surface area contributed by atoms with Gasteiger partial charge in [-0.15, -0.1) is 0 Å². The van der Waals surface area contributed by atoms with E-state index in [1.54, 1.807) is 0 Å². The number of ether oxygens (including phenoxy) is 2. The Morgan fingerprint density at radius 2 is 0.913 bits per heavy atom. The Kier molecular flexibility index (Phi) is 44.4. The van der Waals surface area contributed by atoms with Crippen molar-refractivity contribution >= 4 is 5.91 Å². The van der Waals surface area contributed by atoms with Gasteiger partial charge in [0, 0.05) is 0 Å². The standard InChI is InChI=1S/C58H107NO10/c1-3-5-7-9-11-13-15-17-19-21-23-24-25-26-27-28-30-32-34-36-38-40-42-44-46-51(62)57(67)59-49(48-68-58-56(66)55(65)54(64)52(47-60)69-58)53(63)50(61)45-43-41-39-37-35-33-31-29-22-20-18-16-14-12-10-8-6-4-2/h23-24,26-27,29,31,37,39,49-56,58,60-66H,3-22,25,28,30,32-36,38,40-48H2,1-2H3,(H,59,67)/b24-23-,27-26-,31-29+,39-37+. The number of carbonyl (C=O) groups is 1. The van der Waals surface area contributed by atoms with Crippen molar-refractivity contribution in [2.24, 2.45) is 0 Å². The number of rotatable bonds is 48. The molecule has 11 nitrogen and oxygen atoms in total. The van der Waals surface area contributed by atoms with E-state index in [2.05, 4.69) is 67.8 Å². The molecule has 0 aromatic rings. The maximum atomic E-state index is 13.2. The van der Waals surface area contributed by atoms with E-state index in [1.807, 2.05) is 0 Å². The van der Waals surface area contributed by atoms with Gasteiger partial charge in [-0.3, -0.25) is 4.79 Å². The van der Waals surface area contributed by atoms with Gasteiger partial charge >= 0.3 is 0 Å². The first-order valence-electron chi connectivity index (χ1n) is 28.5. The van der Waals surface area contributed by atoms with Crippen LogP contribution in [0.3, 0.4) is 0 Å². The fourth-order valence-corrected chi connectivity index (χ4v) is 8.90. The second kappa shape index (κ2) is 47.1. The fourth-order valence-electron chi connectivity index (χ4n) is 8.90. The van der Waals surface area contributed by atoms with Crippen molar-refractivity contribution in [1.29, 1.82) is 0 Å². The van der Waals surface area contributed by atoms with E-state index in [4.69, 9.17) is 9.47 Å². The van der Waals surface area contributed by atoms with Gasteiger partial charge in [-0.05, 0) is 83.5 Å². The van der Waals surface area contributed by atoms with Crippen molar-refractivity contribution in [3.05, 3.63) is 48.6 Å². The number of allylic oxidation sites excluding steroid dienone is 8. The van der Waals surface area contributed by atoms with Crippen LogP contribution in [0.5, 0.6) is 0 Å². The van der Waals surface area contributed by atoms with Crippen LogP contribution in [-0.2, 0) is 14.3 Å². The number of carbonyl (C=O) groups excluding carboxylic acids is 1. The van der Waals surface area contributed by atoms with Gasteiger partial charge in [-0.25, -0.2) is 0 Å². The molecule has 1 rings (SSSR count). The first-order chi connectivity index (χ1) is 33.7. The van der Waals surface area contributed by atoms with E-state index >= 15 is 0 Å². The zero-order chi connectivity index (χ0) is 50.4. The Morgan fingerprint density at radius 3 is 1.38 bits per heavy atom. The molecule has 1 fully saturated rings. The highest BCUT2D eigenvalue weighted by Crippen LogP contribution is 2.23. The molecule has 1 amide bonds. The minimum absolute atomic E-state index is 0.243. The molecule has 1 aliphatic heterocycles. The molecule has 0 aromatic carbocycles. The summed E-state index contributed by atoms with van der Waals surface area (Å²) in [5.41, 5.74) is 0. The van der Waals surface area contributed by atoms with Crippen molar-refractivity contribution in [2.45, 2.75) is 300 Å². The molecule has 0 spiro atoms. The number of hydrogen-bond acceptors (Lipinski definition) is 10. The van der Waals surface area contributed by atoms with Gasteiger partial charge in [0.25, 0.3) is 0 Å². The van der Waals surface area contributed by atoms with E-state index in [0.717, 1.165) is 57.8 Å². The molecule has 1 aliphatic rings. The summed E-state index contributed by atoms with van der Waals surface area (Å²) in [6.07, 6.45) is 47.3. The van der Waals surface area contributed by atoms with Crippen molar-refractivity contribution in [3.8, 4) is 0 Å². The highest BCUT2D eigenvalue weighted by atomic mass is 16.7. The van der Waals surface area contributed by atoms with Crippen molar-refractivity contribution in [1.82, 2.24) is 5.32 Å². The van der Waals surface area contributed by atoms with Crippen molar-refractivity contribution < 1.29 is 50.0 Å². The zero-order valence-corrected chi connectivity index (χ0v) is 44.0. The highest BCUT2D eigenvalue weighted by Gasteiger charge is 2.44. The number of nitrogens with one attached hydrogen (secondary N) is 1. The van der Waals surface area contributed by atoms with Crippen LogP contribution < -0.4 is 5.32 Å². The lowest BCUT2D eigenvalue weighted by atomic mass is 9.98. The number of amides is 1. The lowest BCUT2D eigenvalue weighted by Crippen LogP contribution is -2.60. The predicted octanol–water partition coefficient (Wildman–Crippen LogP) is 11.7. The van der Waals surface area contributed by atoms with E-state index in [0.29, 0.717) is 19.3 Å². The number of hydrogen-bond donors (Lipinski definition) is 8. The quantitative estimate of drug-likeness (QED) is 0.0215. The third-order valence-corrected chi connectivity index (χ3v) is 13.6. The molecule has 11 heteroatoms. The van der Waals surface area contributed by atoms with Gasteiger partial charge in [0.05, 0.1) is 25.4 Å². The normalized spacial score (nSPS) is 20.7. The Hall–Kier alpha value is -1.93. The SMILES string of the molecule is CCCCCCCCCCC/C=C\C/C=C\CCCCCCCCCCC(O)C(=O)NC(COC1OC(CO)C(O)C(O)C1O)C(O)C(O)CCC/C=C/CC/C=C/CCCCCCCCCCC. The van der Waals surface area contributed by atoms with E-state index in [-0.39, 0.29) is 12.8 Å². The van der Waals surface area contributed by atoms with Crippen LogP contribution in [0, 0.1) is 0 Å². The fraction of sp³-hybridized carbons (Fsp3) is 0.845.